The van der Waals surface area contributed by atoms with E-state index in [-0.39, 0.29) is 16.4 Å². The van der Waals surface area contributed by atoms with Crippen LogP contribution in [0.1, 0.15) is 11.3 Å². The highest BCUT2D eigenvalue weighted by Crippen LogP contribution is 2.25. The van der Waals surface area contributed by atoms with Gasteiger partial charge in [-0.15, -0.1) is 11.8 Å². The highest BCUT2D eigenvalue weighted by Gasteiger charge is 2.39. The molecule has 0 spiro atoms. The molecule has 0 saturated heterocycles. The van der Waals surface area contributed by atoms with Crippen LogP contribution in [0.4, 0.5) is 14.6 Å². The second-order valence-electron chi connectivity index (χ2n) is 6.88. The van der Waals surface area contributed by atoms with E-state index in [1.54, 1.807) is 0 Å². The lowest BCUT2D eigenvalue weighted by molar-refractivity contribution is -0.624. The molecule has 2 N–H and O–H groups in total. The number of rotatable bonds is 9. The third-order valence-corrected chi connectivity index (χ3v) is 5.79. The Hall–Kier alpha value is -3.18. The van der Waals surface area contributed by atoms with Crippen LogP contribution < -0.4 is 20.9 Å². The van der Waals surface area contributed by atoms with Crippen LogP contribution in [0.15, 0.2) is 64.5 Å². The van der Waals surface area contributed by atoms with Crippen LogP contribution in [-0.4, -0.2) is 28.3 Å². The number of carbonyl (C=O) groups is 1. The molecule has 0 aliphatic carbocycles. The fraction of sp³-hybridized carbons (Fsp3) is 0.238. The first kappa shape index (κ1) is 24.5. The molecule has 12 heteroatoms. The summed E-state index contributed by atoms with van der Waals surface area (Å²) >= 11 is 7.55. The molecule has 3 aromatic rings. The van der Waals surface area contributed by atoms with Crippen molar-refractivity contribution in [3.8, 4) is 0 Å². The Bertz CT molecular complexity index is 1210. The predicted molar refractivity (Wildman–Crippen MR) is 121 cm³/mol. The number of halogens is 3. The van der Waals surface area contributed by atoms with Crippen molar-refractivity contribution in [3.05, 3.63) is 86.8 Å². The molecular weight excluding hydrogens is 476 g/mol. The van der Waals surface area contributed by atoms with Gasteiger partial charge in [-0.3, -0.25) is 14.2 Å². The number of aromatic nitrogens is 3. The lowest BCUT2D eigenvalue weighted by Crippen LogP contribution is -2.41. The van der Waals surface area contributed by atoms with Gasteiger partial charge in [0.2, 0.25) is 5.91 Å². The molecule has 174 valence electrons. The molecule has 1 amide bonds. The van der Waals surface area contributed by atoms with Crippen LogP contribution in [-0.2, 0) is 23.8 Å². The second kappa shape index (κ2) is 10.6. The van der Waals surface area contributed by atoms with Gasteiger partial charge in [-0.2, -0.15) is 13.5 Å². The van der Waals surface area contributed by atoms with E-state index in [2.05, 4.69) is 15.6 Å². The van der Waals surface area contributed by atoms with Crippen molar-refractivity contribution >= 4 is 35.1 Å². The number of alkyl halides is 2. The molecule has 0 saturated carbocycles. The van der Waals surface area contributed by atoms with Crippen molar-refractivity contribution < 1.29 is 18.3 Å². The molecule has 1 aromatic carbocycles. The van der Waals surface area contributed by atoms with Crippen LogP contribution >= 0.6 is 23.4 Å². The van der Waals surface area contributed by atoms with Gasteiger partial charge in [0.1, 0.15) is 11.7 Å². The van der Waals surface area contributed by atoms with Crippen molar-refractivity contribution in [2.75, 3.05) is 18.1 Å². The number of carbonyl (C=O) groups excluding carboxylic acids is 1. The molecule has 8 nitrogen and oxygen atoms in total. The lowest BCUT2D eigenvalue weighted by Gasteiger charge is -2.17. The second-order valence-corrected chi connectivity index (χ2v) is 8.11. The summed E-state index contributed by atoms with van der Waals surface area (Å²) in [5.41, 5.74) is -0.717. The van der Waals surface area contributed by atoms with Gasteiger partial charge in [0.05, 0.1) is 12.7 Å². The van der Waals surface area contributed by atoms with E-state index in [0.717, 1.165) is 33.5 Å². The summed E-state index contributed by atoms with van der Waals surface area (Å²) in [6.07, 6.45) is 3.95. The highest BCUT2D eigenvalue weighted by molar-refractivity contribution is 7.98. The first-order valence-electron chi connectivity index (χ1n) is 9.67. The summed E-state index contributed by atoms with van der Waals surface area (Å²) < 4.78 is 29.8. The van der Waals surface area contributed by atoms with E-state index < -0.39 is 42.0 Å². The smallest absolute Gasteiger partial charge is 0.347 e. The van der Waals surface area contributed by atoms with E-state index in [1.165, 1.54) is 23.9 Å². The maximum absolute atomic E-state index is 14.4. The minimum absolute atomic E-state index is 0.0504. The Morgan fingerprint density at radius 1 is 1.27 bits per heavy atom. The summed E-state index contributed by atoms with van der Waals surface area (Å²) in [7, 11) is 0. The number of hydrogen-bond donors (Lipinski definition) is 2. The largest absolute Gasteiger partial charge is 0.618 e. The van der Waals surface area contributed by atoms with Crippen LogP contribution in [0.5, 0.6) is 0 Å². The maximum atomic E-state index is 14.4. The zero-order valence-corrected chi connectivity index (χ0v) is 19.0. The van der Waals surface area contributed by atoms with Crippen LogP contribution in [0.25, 0.3) is 0 Å². The van der Waals surface area contributed by atoms with Gasteiger partial charge in [-0.05, 0) is 24.0 Å². The molecule has 0 bridgehead atoms. The first-order chi connectivity index (χ1) is 15.7. The third kappa shape index (κ3) is 5.99. The first-order valence-corrected chi connectivity index (χ1v) is 11.3. The lowest BCUT2D eigenvalue weighted by atomic mass is 10.2. The van der Waals surface area contributed by atoms with Crippen LogP contribution in [0, 0.1) is 5.21 Å². The van der Waals surface area contributed by atoms with E-state index in [9.17, 15) is 23.6 Å². The van der Waals surface area contributed by atoms with Gasteiger partial charge in [-0.25, -0.2) is 4.98 Å². The summed E-state index contributed by atoms with van der Waals surface area (Å²) in [6, 6.07) is 11.2. The van der Waals surface area contributed by atoms with Crippen molar-refractivity contribution in [1.29, 1.82) is 0 Å². The van der Waals surface area contributed by atoms with Crippen molar-refractivity contribution in [2.24, 2.45) is 0 Å². The van der Waals surface area contributed by atoms with Gasteiger partial charge in [0, 0.05) is 23.6 Å². The van der Waals surface area contributed by atoms with Crippen LogP contribution in [0.2, 0.25) is 5.15 Å². The van der Waals surface area contributed by atoms with Gasteiger partial charge in [0.25, 0.3) is 11.3 Å². The maximum Gasteiger partial charge on any atom is 0.347 e. The van der Waals surface area contributed by atoms with E-state index in [4.69, 9.17) is 11.6 Å². The summed E-state index contributed by atoms with van der Waals surface area (Å²) in [4.78, 5) is 29.8. The quantitative estimate of drug-likeness (QED) is 0.269. The molecule has 33 heavy (non-hydrogen) atoms. The number of hydrogen-bond acceptors (Lipinski definition) is 6. The minimum atomic E-state index is -3.58. The van der Waals surface area contributed by atoms with Gasteiger partial charge >= 0.3 is 5.92 Å². The minimum Gasteiger partial charge on any atom is -0.618 e. The van der Waals surface area contributed by atoms with Crippen LogP contribution in [0.3, 0.4) is 0 Å². The Labute approximate surface area is 197 Å². The number of thioether (sulfide) groups is 1. The molecule has 2 aromatic heterocycles. The SMILES string of the molecule is CSc1ccccc1CNC(=O)Cn1c(Cl)cnc(NCC(F)(F)c2cccc[n+]2[O-])c1=O. The van der Waals surface area contributed by atoms with E-state index >= 15 is 0 Å². The summed E-state index contributed by atoms with van der Waals surface area (Å²) in [6.45, 7) is -1.23. The number of nitrogens with zero attached hydrogens (tertiary/aromatic N) is 3. The molecule has 3 rings (SSSR count). The highest BCUT2D eigenvalue weighted by atomic mass is 35.5. The van der Waals surface area contributed by atoms with Gasteiger partial charge in [0.15, 0.2) is 12.0 Å². The van der Waals surface area contributed by atoms with E-state index in [1.807, 2.05) is 30.5 Å². The summed E-state index contributed by atoms with van der Waals surface area (Å²) in [5, 5.41) is 16.5. The molecule has 0 radical (unpaired) electrons. The average Bonchev–Trinajstić information content (AvgIpc) is 2.80. The van der Waals surface area contributed by atoms with Gasteiger partial charge in [-0.1, -0.05) is 29.8 Å². The number of anilines is 1. The molecule has 0 fully saturated rings. The Morgan fingerprint density at radius 3 is 2.73 bits per heavy atom. The molecule has 2 heterocycles. The number of nitrogens with one attached hydrogen (secondary N) is 2. The molecular formula is C21H20ClF2N5O3S. The standard InChI is InChI=1S/C21H20ClF2N5O3S/c1-33-15-7-3-2-6-14(15)10-25-18(30)12-28-17(22)11-26-19(20(28)31)27-13-21(23,24)16-8-4-5-9-29(16)32/h2-9,11H,10,12-13H2,1H3,(H,25,30)(H,26,27). The predicted octanol–water partition coefficient (Wildman–Crippen LogP) is 2.77. The zero-order valence-electron chi connectivity index (χ0n) is 17.4. The Kier molecular flexibility index (Phi) is 7.88. The number of benzene rings is 1. The molecule has 0 atom stereocenters. The molecule has 0 aliphatic rings. The van der Waals surface area contributed by atoms with Crippen molar-refractivity contribution in [3.63, 3.8) is 0 Å². The third-order valence-electron chi connectivity index (χ3n) is 4.65. The Morgan fingerprint density at radius 2 is 2.00 bits per heavy atom. The number of pyridine rings is 1. The zero-order chi connectivity index (χ0) is 24.0. The summed E-state index contributed by atoms with van der Waals surface area (Å²) in [5.74, 6) is -4.49. The Balaban J connectivity index is 1.70. The molecule has 0 unspecified atom stereocenters. The average molecular weight is 496 g/mol. The van der Waals surface area contributed by atoms with Crippen molar-refractivity contribution in [2.45, 2.75) is 23.9 Å². The van der Waals surface area contributed by atoms with Gasteiger partial charge < -0.3 is 15.8 Å². The fourth-order valence-corrected chi connectivity index (χ4v) is 3.78. The van der Waals surface area contributed by atoms with Crippen molar-refractivity contribution in [1.82, 2.24) is 14.9 Å². The fourth-order valence-electron chi connectivity index (χ4n) is 2.98. The monoisotopic (exact) mass is 495 g/mol. The normalized spacial score (nSPS) is 11.3. The number of amides is 1. The molecule has 0 aliphatic heterocycles. The topological polar surface area (TPSA) is 103 Å². The van der Waals surface area contributed by atoms with E-state index in [0.29, 0.717) is 0 Å².